The smallest absolute Gasteiger partial charge is 0.182 e. The number of phenolic OH excluding ortho intramolecular Hbond substituents is 1. The monoisotopic (exact) mass is 368 g/mol. The summed E-state index contributed by atoms with van der Waals surface area (Å²) in [4.78, 5) is 4.07. The maximum absolute atomic E-state index is 14.0. The van der Waals surface area contributed by atoms with Gasteiger partial charge in [-0.05, 0) is 35.9 Å². The summed E-state index contributed by atoms with van der Waals surface area (Å²) in [6, 6.07) is 11.7. The third-order valence-corrected chi connectivity index (χ3v) is 3.71. The Bertz CT molecular complexity index is 1040. The molecule has 0 fully saturated rings. The van der Waals surface area contributed by atoms with Crippen LogP contribution in [-0.2, 0) is 0 Å². The van der Waals surface area contributed by atoms with Gasteiger partial charge in [-0.15, -0.1) is 5.10 Å². The molecular formula is C18H14F2N6O. The highest BCUT2D eigenvalue weighted by Crippen LogP contribution is 2.26. The molecule has 3 aromatic rings. The van der Waals surface area contributed by atoms with Crippen molar-refractivity contribution in [3.8, 4) is 16.9 Å². The van der Waals surface area contributed by atoms with Gasteiger partial charge in [-0.2, -0.15) is 5.53 Å². The van der Waals surface area contributed by atoms with Crippen LogP contribution in [0.2, 0.25) is 0 Å². The van der Waals surface area contributed by atoms with E-state index in [1.165, 1.54) is 30.5 Å². The van der Waals surface area contributed by atoms with Crippen LogP contribution in [0.3, 0.4) is 0 Å². The average molecular weight is 368 g/mol. The number of nitrogens with two attached hydrogens (primary N) is 1. The predicted octanol–water partition coefficient (Wildman–Crippen LogP) is 4.12. The standard InChI is InChI=1S/C18H14F2N6O/c19-14-5-2-6-15(16(14)20)24-18(25-26-22)13-8-11(9-23-17(13)21)10-3-1-4-12(27)7-10/h1-9,27H,(H2,21,23)(H2,22,24,25). The number of phenols is 1. The summed E-state index contributed by atoms with van der Waals surface area (Å²) < 4.78 is 27.4. The topological polar surface area (TPSA) is 120 Å². The Kier molecular flexibility index (Phi) is 5.02. The lowest BCUT2D eigenvalue weighted by Crippen LogP contribution is -2.17. The predicted molar refractivity (Wildman–Crippen MR) is 97.4 cm³/mol. The van der Waals surface area contributed by atoms with E-state index in [0.29, 0.717) is 11.1 Å². The molecule has 0 aliphatic heterocycles. The van der Waals surface area contributed by atoms with Crippen LogP contribution in [0.4, 0.5) is 20.3 Å². The molecule has 0 saturated carbocycles. The number of benzene rings is 2. The number of amidine groups is 1. The van der Waals surface area contributed by atoms with Gasteiger partial charge < -0.3 is 16.2 Å². The van der Waals surface area contributed by atoms with Crippen molar-refractivity contribution in [1.82, 2.24) is 4.98 Å². The van der Waals surface area contributed by atoms with E-state index < -0.39 is 11.6 Å². The van der Waals surface area contributed by atoms with E-state index in [1.54, 1.807) is 18.2 Å². The van der Waals surface area contributed by atoms with Gasteiger partial charge in [0.05, 0.1) is 11.3 Å². The first kappa shape index (κ1) is 17.9. The number of nitrogens with one attached hydrogen (secondary N) is 2. The van der Waals surface area contributed by atoms with Crippen molar-refractivity contribution in [3.05, 3.63) is 71.9 Å². The van der Waals surface area contributed by atoms with Crippen LogP contribution in [0.5, 0.6) is 5.75 Å². The molecule has 0 bridgehead atoms. The van der Waals surface area contributed by atoms with Crippen molar-refractivity contribution < 1.29 is 13.9 Å². The van der Waals surface area contributed by atoms with Crippen molar-refractivity contribution >= 4 is 17.3 Å². The first-order valence-corrected chi connectivity index (χ1v) is 7.70. The van der Waals surface area contributed by atoms with E-state index in [0.717, 1.165) is 6.07 Å². The van der Waals surface area contributed by atoms with Crippen molar-refractivity contribution in [2.45, 2.75) is 0 Å². The summed E-state index contributed by atoms with van der Waals surface area (Å²) in [5.74, 6) is -2.11. The lowest BCUT2D eigenvalue weighted by atomic mass is 10.0. The van der Waals surface area contributed by atoms with Gasteiger partial charge in [0.25, 0.3) is 0 Å². The molecule has 0 atom stereocenters. The van der Waals surface area contributed by atoms with Gasteiger partial charge in [-0.3, -0.25) is 0 Å². The van der Waals surface area contributed by atoms with E-state index in [2.05, 4.69) is 20.6 Å². The summed E-state index contributed by atoms with van der Waals surface area (Å²) in [5, 5.41) is 18.8. The van der Waals surface area contributed by atoms with Gasteiger partial charge in [0.15, 0.2) is 17.5 Å². The number of aromatic nitrogens is 1. The van der Waals surface area contributed by atoms with E-state index in [1.807, 2.05) is 0 Å². The zero-order valence-electron chi connectivity index (χ0n) is 13.8. The average Bonchev–Trinajstić information content (AvgIpc) is 2.65. The Labute approximate surface area is 152 Å². The molecule has 9 heteroatoms. The molecule has 0 amide bonds. The molecule has 0 aliphatic carbocycles. The third kappa shape index (κ3) is 3.87. The lowest BCUT2D eigenvalue weighted by Gasteiger charge is -2.13. The zero-order chi connectivity index (χ0) is 19.4. The Morgan fingerprint density at radius 2 is 1.89 bits per heavy atom. The molecule has 7 nitrogen and oxygen atoms in total. The summed E-state index contributed by atoms with van der Waals surface area (Å²) in [7, 11) is 0. The fourth-order valence-corrected chi connectivity index (χ4v) is 2.43. The van der Waals surface area contributed by atoms with E-state index in [-0.39, 0.29) is 28.7 Å². The Morgan fingerprint density at radius 3 is 2.63 bits per heavy atom. The second-order valence-electron chi connectivity index (χ2n) is 5.48. The number of nitrogens with zero attached hydrogens (tertiary/aromatic N) is 3. The van der Waals surface area contributed by atoms with Crippen LogP contribution in [0.1, 0.15) is 5.56 Å². The fraction of sp³-hybridized carbons (Fsp3) is 0. The maximum Gasteiger partial charge on any atom is 0.182 e. The van der Waals surface area contributed by atoms with Crippen molar-refractivity contribution in [2.75, 3.05) is 11.1 Å². The molecule has 27 heavy (non-hydrogen) atoms. The van der Waals surface area contributed by atoms with Gasteiger partial charge in [-0.25, -0.2) is 13.8 Å². The number of rotatable bonds is 4. The number of hydrogen-bond donors (Lipinski definition) is 4. The summed E-state index contributed by atoms with van der Waals surface area (Å²) in [6.45, 7) is 0. The molecule has 3 rings (SSSR count). The van der Waals surface area contributed by atoms with Crippen LogP contribution in [0.25, 0.3) is 11.1 Å². The molecule has 0 saturated heterocycles. The van der Waals surface area contributed by atoms with Crippen LogP contribution in [0, 0.1) is 17.2 Å². The number of nitrogen functional groups attached to an aromatic ring is 1. The van der Waals surface area contributed by atoms with Gasteiger partial charge in [0.1, 0.15) is 11.6 Å². The normalized spacial score (nSPS) is 11.3. The molecule has 2 aromatic carbocycles. The fourth-order valence-electron chi connectivity index (χ4n) is 2.43. The van der Waals surface area contributed by atoms with E-state index in [4.69, 9.17) is 11.3 Å². The highest BCUT2D eigenvalue weighted by Gasteiger charge is 2.15. The number of halogens is 2. The SMILES string of the molecule is N=N/N=C(\Nc1cccc(F)c1F)c1cc(-c2cccc(O)c2)cnc1N. The molecule has 1 aromatic heterocycles. The first-order valence-electron chi connectivity index (χ1n) is 7.70. The van der Waals surface area contributed by atoms with Crippen molar-refractivity contribution in [3.63, 3.8) is 0 Å². The first-order chi connectivity index (χ1) is 13.0. The number of pyridine rings is 1. The zero-order valence-corrected chi connectivity index (χ0v) is 13.8. The third-order valence-electron chi connectivity index (χ3n) is 3.71. The number of anilines is 2. The highest BCUT2D eigenvalue weighted by molar-refractivity contribution is 6.11. The van der Waals surface area contributed by atoms with Crippen LogP contribution < -0.4 is 11.1 Å². The molecule has 136 valence electrons. The molecule has 0 unspecified atom stereocenters. The number of hydrogen-bond acceptors (Lipinski definition) is 5. The molecular weight excluding hydrogens is 354 g/mol. The Balaban J connectivity index is 2.05. The summed E-state index contributed by atoms with van der Waals surface area (Å²) in [5.41, 5.74) is 14.2. The summed E-state index contributed by atoms with van der Waals surface area (Å²) in [6.07, 6.45) is 1.49. The van der Waals surface area contributed by atoms with Gasteiger partial charge in [-0.1, -0.05) is 23.4 Å². The molecule has 0 spiro atoms. The Hall–Kier alpha value is -3.88. The molecule has 5 N–H and O–H groups in total. The second kappa shape index (κ2) is 7.56. The largest absolute Gasteiger partial charge is 0.508 e. The Morgan fingerprint density at radius 1 is 1.11 bits per heavy atom. The summed E-state index contributed by atoms with van der Waals surface area (Å²) >= 11 is 0. The minimum absolute atomic E-state index is 0.0469. The lowest BCUT2D eigenvalue weighted by molar-refractivity contribution is 0.475. The van der Waals surface area contributed by atoms with Crippen LogP contribution >= 0.6 is 0 Å². The van der Waals surface area contributed by atoms with Gasteiger partial charge in [0.2, 0.25) is 0 Å². The van der Waals surface area contributed by atoms with E-state index in [9.17, 15) is 13.9 Å². The van der Waals surface area contributed by atoms with E-state index >= 15 is 0 Å². The van der Waals surface area contributed by atoms with Crippen LogP contribution in [-0.4, -0.2) is 15.9 Å². The van der Waals surface area contributed by atoms with Gasteiger partial charge in [0, 0.05) is 11.8 Å². The minimum Gasteiger partial charge on any atom is -0.508 e. The molecule has 1 heterocycles. The quantitative estimate of drug-likeness (QED) is 0.240. The minimum atomic E-state index is -1.11. The van der Waals surface area contributed by atoms with Gasteiger partial charge >= 0.3 is 0 Å². The van der Waals surface area contributed by atoms with Crippen molar-refractivity contribution in [1.29, 1.82) is 5.53 Å². The number of aromatic hydroxyl groups is 1. The molecule has 0 aliphatic rings. The second-order valence-corrected chi connectivity index (χ2v) is 5.48. The highest BCUT2D eigenvalue weighted by atomic mass is 19.2. The van der Waals surface area contributed by atoms with Crippen molar-refractivity contribution in [2.24, 2.45) is 10.3 Å². The maximum atomic E-state index is 14.0. The van der Waals surface area contributed by atoms with Crippen LogP contribution in [0.15, 0.2) is 65.1 Å². The molecule has 0 radical (unpaired) electrons.